The third-order valence-electron chi connectivity index (χ3n) is 6.25. The molecule has 154 valence electrons. The van der Waals surface area contributed by atoms with Gasteiger partial charge < -0.3 is 24.2 Å². The summed E-state index contributed by atoms with van der Waals surface area (Å²) in [6, 6.07) is 2.14. The second-order valence-corrected chi connectivity index (χ2v) is 8.56. The van der Waals surface area contributed by atoms with Gasteiger partial charge in [-0.2, -0.15) is 0 Å². The van der Waals surface area contributed by atoms with Crippen molar-refractivity contribution in [3.05, 3.63) is 17.2 Å². The maximum Gasteiger partial charge on any atom is 0.231 e. The summed E-state index contributed by atoms with van der Waals surface area (Å²) in [4.78, 5) is 2.31. The fraction of sp³-hybridized carbons (Fsp3) is 0.667. The van der Waals surface area contributed by atoms with Gasteiger partial charge in [-0.15, -0.1) is 0 Å². The lowest BCUT2D eigenvalue weighted by Gasteiger charge is -2.39. The minimum atomic E-state index is -0.196. The zero-order valence-corrected chi connectivity index (χ0v) is 17.2. The van der Waals surface area contributed by atoms with E-state index in [1.54, 1.807) is 7.11 Å². The monoisotopic (exact) mass is 390 g/mol. The average molecular weight is 390 g/mol. The lowest BCUT2D eigenvalue weighted by Crippen LogP contribution is -2.39. The molecule has 3 aliphatic rings. The maximum absolute atomic E-state index is 9.85. The highest BCUT2D eigenvalue weighted by atomic mass is 16.7. The van der Waals surface area contributed by atoms with Crippen LogP contribution in [0.4, 0.5) is 0 Å². The summed E-state index contributed by atoms with van der Waals surface area (Å²) in [5.74, 6) is 2.39. The van der Waals surface area contributed by atoms with Gasteiger partial charge in [-0.3, -0.25) is 4.90 Å². The van der Waals surface area contributed by atoms with Crippen LogP contribution in [0, 0.1) is 5.92 Å². The fourth-order valence-corrected chi connectivity index (χ4v) is 4.79. The second-order valence-electron chi connectivity index (χ2n) is 8.56. The molecule has 1 fully saturated rings. The largest absolute Gasteiger partial charge is 0.492 e. The third kappa shape index (κ3) is 3.42. The highest BCUT2D eigenvalue weighted by Crippen LogP contribution is 2.50. The van der Waals surface area contributed by atoms with E-state index in [1.165, 1.54) is 5.56 Å². The molecular formula is C21H30N2O5. The molecule has 0 aromatic heterocycles. The van der Waals surface area contributed by atoms with Crippen molar-refractivity contribution in [1.29, 1.82) is 0 Å². The van der Waals surface area contributed by atoms with E-state index in [2.05, 4.69) is 37.0 Å². The summed E-state index contributed by atoms with van der Waals surface area (Å²) < 4.78 is 22.9. The van der Waals surface area contributed by atoms with Crippen molar-refractivity contribution in [3.63, 3.8) is 0 Å². The predicted molar refractivity (Wildman–Crippen MR) is 105 cm³/mol. The Labute approximate surface area is 166 Å². The number of benzene rings is 1. The van der Waals surface area contributed by atoms with Gasteiger partial charge in [-0.1, -0.05) is 5.16 Å². The first-order valence-electron chi connectivity index (χ1n) is 9.98. The van der Waals surface area contributed by atoms with E-state index in [4.69, 9.17) is 18.9 Å². The number of likely N-dealkylation sites (N-methyl/N-ethyl adjacent to an activating group) is 1. The Kier molecular flexibility index (Phi) is 5.14. The molecule has 0 radical (unpaired) electrons. The van der Waals surface area contributed by atoms with Crippen molar-refractivity contribution >= 4 is 5.71 Å². The summed E-state index contributed by atoms with van der Waals surface area (Å²) in [6.07, 6.45) is 3.31. The maximum atomic E-state index is 9.85. The van der Waals surface area contributed by atoms with Crippen LogP contribution in [0.25, 0.3) is 0 Å². The lowest BCUT2D eigenvalue weighted by molar-refractivity contribution is -0.0622. The highest BCUT2D eigenvalue weighted by Gasteiger charge is 2.37. The normalized spacial score (nSPS) is 26.8. The van der Waals surface area contributed by atoms with E-state index in [0.717, 1.165) is 48.6 Å². The zero-order chi connectivity index (χ0) is 19.9. The summed E-state index contributed by atoms with van der Waals surface area (Å²) in [7, 11) is 3.78. The number of oxime groups is 1. The quantitative estimate of drug-likeness (QED) is 0.483. The van der Waals surface area contributed by atoms with Crippen LogP contribution in [0.5, 0.6) is 17.2 Å². The predicted octanol–water partition coefficient (Wildman–Crippen LogP) is 3.38. The van der Waals surface area contributed by atoms with Gasteiger partial charge in [-0.25, -0.2) is 0 Å². The SMILES string of the molecule is COc1c2c(cc3c1[C@@H](CC(=NO)[C@H]1CCOC(C)(C)C1)N(C)CC3)OCO2. The van der Waals surface area contributed by atoms with Crippen LogP contribution in [0.2, 0.25) is 0 Å². The molecule has 1 aromatic rings. The Morgan fingerprint density at radius 3 is 2.93 bits per heavy atom. The van der Waals surface area contributed by atoms with Crippen molar-refractivity contribution in [3.8, 4) is 17.2 Å². The van der Waals surface area contributed by atoms with Crippen molar-refractivity contribution in [2.24, 2.45) is 11.1 Å². The van der Waals surface area contributed by atoms with E-state index in [9.17, 15) is 5.21 Å². The molecule has 3 aliphatic heterocycles. The van der Waals surface area contributed by atoms with Crippen LogP contribution in [0.3, 0.4) is 0 Å². The van der Waals surface area contributed by atoms with Crippen LogP contribution < -0.4 is 14.2 Å². The van der Waals surface area contributed by atoms with E-state index in [0.29, 0.717) is 18.8 Å². The average Bonchev–Trinajstić information content (AvgIpc) is 3.13. The molecule has 2 atom stereocenters. The summed E-state index contributed by atoms with van der Waals surface area (Å²) in [5, 5.41) is 13.6. The Hall–Kier alpha value is -1.99. The molecule has 1 aromatic carbocycles. The van der Waals surface area contributed by atoms with Crippen molar-refractivity contribution in [1.82, 2.24) is 4.90 Å². The molecule has 0 spiro atoms. The number of hydrogen-bond donors (Lipinski definition) is 1. The van der Waals surface area contributed by atoms with Crippen LogP contribution in [0.1, 0.15) is 50.3 Å². The number of fused-ring (bicyclic) bond motifs is 2. The molecule has 1 N–H and O–H groups in total. The molecule has 0 aliphatic carbocycles. The van der Waals surface area contributed by atoms with E-state index in [1.807, 2.05) is 0 Å². The molecule has 4 rings (SSSR count). The van der Waals surface area contributed by atoms with Crippen molar-refractivity contribution < 1.29 is 24.2 Å². The third-order valence-corrected chi connectivity index (χ3v) is 6.25. The summed E-state index contributed by atoms with van der Waals surface area (Å²) in [5.41, 5.74) is 2.97. The number of ether oxygens (including phenoxy) is 4. The molecule has 7 heteroatoms. The molecule has 0 amide bonds. The van der Waals surface area contributed by atoms with Gasteiger partial charge in [0.05, 0.1) is 18.4 Å². The van der Waals surface area contributed by atoms with Gasteiger partial charge in [0.2, 0.25) is 12.5 Å². The Balaban J connectivity index is 1.67. The number of hydrogen-bond acceptors (Lipinski definition) is 7. The summed E-state index contributed by atoms with van der Waals surface area (Å²) in [6.45, 7) is 6.03. The second kappa shape index (κ2) is 7.44. The standard InChI is InChI=1S/C21H30N2O5/c1-21(2)11-14(6-8-28-21)15(22-24)10-16-18-13(5-7-23(16)3)9-17-19(20(18)25-4)27-12-26-17/h9,14,16,24H,5-8,10-12H2,1-4H3/t14-,16+/m0/s1. The van der Waals surface area contributed by atoms with Gasteiger partial charge in [0.1, 0.15) is 0 Å². The molecule has 7 nitrogen and oxygen atoms in total. The van der Waals surface area contributed by atoms with Crippen molar-refractivity contribution in [2.45, 2.75) is 51.2 Å². The Bertz CT molecular complexity index is 777. The van der Waals surface area contributed by atoms with Gasteiger partial charge in [0.15, 0.2) is 11.5 Å². The highest BCUT2D eigenvalue weighted by molar-refractivity contribution is 5.87. The molecule has 0 saturated carbocycles. The van der Waals surface area contributed by atoms with Crippen LogP contribution >= 0.6 is 0 Å². The first-order valence-corrected chi connectivity index (χ1v) is 9.98. The smallest absolute Gasteiger partial charge is 0.231 e. The van der Waals surface area contributed by atoms with Gasteiger partial charge >= 0.3 is 0 Å². The minimum absolute atomic E-state index is 0.0602. The Morgan fingerprint density at radius 2 is 2.21 bits per heavy atom. The molecule has 1 saturated heterocycles. The molecule has 0 bridgehead atoms. The molecular weight excluding hydrogens is 360 g/mol. The molecule has 3 heterocycles. The van der Waals surface area contributed by atoms with Crippen LogP contribution in [0.15, 0.2) is 11.2 Å². The zero-order valence-electron chi connectivity index (χ0n) is 17.2. The first-order chi connectivity index (χ1) is 13.4. The van der Waals surface area contributed by atoms with Gasteiger partial charge in [-0.05, 0) is 51.8 Å². The van der Waals surface area contributed by atoms with Crippen molar-refractivity contribution in [2.75, 3.05) is 34.1 Å². The van der Waals surface area contributed by atoms with E-state index in [-0.39, 0.29) is 24.4 Å². The number of rotatable bonds is 4. The minimum Gasteiger partial charge on any atom is -0.492 e. The lowest BCUT2D eigenvalue weighted by atomic mass is 9.80. The van der Waals surface area contributed by atoms with E-state index >= 15 is 0 Å². The summed E-state index contributed by atoms with van der Waals surface area (Å²) >= 11 is 0. The number of nitrogens with zero attached hydrogens (tertiary/aromatic N) is 2. The Morgan fingerprint density at radius 1 is 1.39 bits per heavy atom. The topological polar surface area (TPSA) is 72.8 Å². The molecule has 28 heavy (non-hydrogen) atoms. The van der Waals surface area contributed by atoms with Crippen LogP contribution in [-0.4, -0.2) is 55.5 Å². The van der Waals surface area contributed by atoms with Crippen LogP contribution in [-0.2, 0) is 11.2 Å². The fourth-order valence-electron chi connectivity index (χ4n) is 4.79. The van der Waals surface area contributed by atoms with Gasteiger partial charge in [0.25, 0.3) is 0 Å². The van der Waals surface area contributed by atoms with E-state index < -0.39 is 0 Å². The number of methoxy groups -OCH3 is 1. The first kappa shape index (κ1) is 19.3. The van der Waals surface area contributed by atoms with Gasteiger partial charge in [0, 0.05) is 37.1 Å². The molecule has 0 unspecified atom stereocenters.